The minimum Gasteiger partial charge on any atom is -0.481 e. The Morgan fingerprint density at radius 1 is 1.33 bits per heavy atom. The molecule has 2 aromatic rings. The van der Waals surface area contributed by atoms with Gasteiger partial charge in [0.25, 0.3) is 0 Å². The molecule has 1 aromatic carbocycles. The number of para-hydroxylation sites is 1. The Bertz CT molecular complexity index is 675. The van der Waals surface area contributed by atoms with E-state index in [1.807, 2.05) is 18.2 Å². The Kier molecular flexibility index (Phi) is 3.60. The number of rotatable bonds is 6. The number of carboxylic acids is 1. The lowest BCUT2D eigenvalue weighted by atomic mass is 10.1. The van der Waals surface area contributed by atoms with Gasteiger partial charge in [0.15, 0.2) is 5.58 Å². The molecule has 110 valence electrons. The number of carboxylic acid groups (broad SMARTS) is 1. The fraction of sp³-hybridized carbons (Fsp3) is 0.400. The van der Waals surface area contributed by atoms with Crippen molar-refractivity contribution < 1.29 is 19.2 Å². The lowest BCUT2D eigenvalue weighted by molar-refractivity contribution is -0.138. The number of carbonyl (C=O) groups excluding carboxylic acids is 1. The number of hydrogen-bond donors (Lipinski definition) is 1. The molecule has 0 bridgehead atoms. The monoisotopic (exact) mass is 288 g/mol. The van der Waals surface area contributed by atoms with Crippen LogP contribution in [0.15, 0.2) is 28.8 Å². The van der Waals surface area contributed by atoms with Crippen molar-refractivity contribution in [3.63, 3.8) is 0 Å². The number of fused-ring (bicyclic) bond motifs is 1. The number of benzene rings is 1. The van der Waals surface area contributed by atoms with E-state index in [1.165, 1.54) is 0 Å². The highest BCUT2D eigenvalue weighted by Crippen LogP contribution is 2.28. The fourth-order valence-electron chi connectivity index (χ4n) is 2.42. The zero-order chi connectivity index (χ0) is 14.8. The first-order chi connectivity index (χ1) is 10.1. The van der Waals surface area contributed by atoms with Crippen molar-refractivity contribution in [1.82, 2.24) is 10.1 Å². The van der Waals surface area contributed by atoms with Crippen LogP contribution in [-0.4, -0.2) is 39.6 Å². The van der Waals surface area contributed by atoms with E-state index in [0.29, 0.717) is 11.3 Å². The quantitative estimate of drug-likeness (QED) is 0.876. The van der Waals surface area contributed by atoms with Crippen LogP contribution in [0.2, 0.25) is 0 Å². The highest BCUT2D eigenvalue weighted by molar-refractivity contribution is 5.86. The van der Waals surface area contributed by atoms with Crippen LogP contribution in [0.25, 0.3) is 11.0 Å². The van der Waals surface area contributed by atoms with Crippen LogP contribution in [0.3, 0.4) is 0 Å². The number of hydrogen-bond acceptors (Lipinski definition) is 4. The van der Waals surface area contributed by atoms with Crippen LogP contribution in [0, 0.1) is 0 Å². The third-order valence-corrected chi connectivity index (χ3v) is 3.65. The maximum absolute atomic E-state index is 12.4. The first-order valence-corrected chi connectivity index (χ1v) is 6.99. The van der Waals surface area contributed by atoms with Crippen molar-refractivity contribution >= 4 is 22.8 Å². The van der Waals surface area contributed by atoms with Gasteiger partial charge in [-0.15, -0.1) is 0 Å². The molecule has 21 heavy (non-hydrogen) atoms. The maximum atomic E-state index is 12.4. The number of carbonyl (C=O) groups is 2. The predicted octanol–water partition coefficient (Wildman–Crippen LogP) is 1.84. The number of aliphatic carboxylic acids is 1. The summed E-state index contributed by atoms with van der Waals surface area (Å²) in [6.07, 6.45) is 2.02. The van der Waals surface area contributed by atoms with Gasteiger partial charge in [-0.05, 0) is 25.0 Å². The summed E-state index contributed by atoms with van der Waals surface area (Å²) in [7, 11) is 0. The van der Waals surface area contributed by atoms with Crippen LogP contribution in [0.5, 0.6) is 0 Å². The molecule has 3 rings (SSSR count). The van der Waals surface area contributed by atoms with E-state index < -0.39 is 5.97 Å². The summed E-state index contributed by atoms with van der Waals surface area (Å²) in [4.78, 5) is 24.8. The minimum atomic E-state index is -0.889. The molecular weight excluding hydrogens is 272 g/mol. The number of aromatic nitrogens is 1. The molecule has 6 nitrogen and oxygen atoms in total. The van der Waals surface area contributed by atoms with Gasteiger partial charge in [-0.2, -0.15) is 0 Å². The van der Waals surface area contributed by atoms with Crippen LogP contribution >= 0.6 is 0 Å². The molecule has 1 heterocycles. The van der Waals surface area contributed by atoms with Gasteiger partial charge in [-0.25, -0.2) is 0 Å². The van der Waals surface area contributed by atoms with Crippen molar-refractivity contribution in [2.45, 2.75) is 31.7 Å². The van der Waals surface area contributed by atoms with Gasteiger partial charge in [0, 0.05) is 18.0 Å². The number of amides is 1. The summed E-state index contributed by atoms with van der Waals surface area (Å²) in [5.41, 5.74) is 1.26. The summed E-state index contributed by atoms with van der Waals surface area (Å²) in [6.45, 7) is 0.259. The second-order valence-electron chi connectivity index (χ2n) is 5.26. The molecule has 1 aliphatic rings. The van der Waals surface area contributed by atoms with E-state index in [9.17, 15) is 9.59 Å². The van der Waals surface area contributed by atoms with Gasteiger partial charge < -0.3 is 14.5 Å². The molecule has 0 spiro atoms. The molecule has 1 saturated carbocycles. The Balaban J connectivity index is 1.73. The van der Waals surface area contributed by atoms with E-state index in [1.54, 1.807) is 11.0 Å². The molecule has 1 aromatic heterocycles. The fourth-order valence-corrected chi connectivity index (χ4v) is 2.42. The Labute approximate surface area is 121 Å². The van der Waals surface area contributed by atoms with Crippen molar-refractivity contribution in [3.05, 3.63) is 30.0 Å². The normalized spacial score (nSPS) is 14.3. The molecule has 0 aliphatic heterocycles. The lowest BCUT2D eigenvalue weighted by Gasteiger charge is -2.21. The van der Waals surface area contributed by atoms with Crippen molar-refractivity contribution in [3.8, 4) is 0 Å². The lowest BCUT2D eigenvalue weighted by Crippen LogP contribution is -2.36. The van der Waals surface area contributed by atoms with Crippen molar-refractivity contribution in [2.75, 3.05) is 6.54 Å². The van der Waals surface area contributed by atoms with Gasteiger partial charge in [-0.1, -0.05) is 17.3 Å². The summed E-state index contributed by atoms with van der Waals surface area (Å²) in [6, 6.07) is 7.58. The first-order valence-electron chi connectivity index (χ1n) is 6.99. The second-order valence-corrected chi connectivity index (χ2v) is 5.26. The Morgan fingerprint density at radius 2 is 2.10 bits per heavy atom. The SMILES string of the molecule is O=C(O)CCN(C(=O)Cc1noc2ccccc12)C1CC1. The summed E-state index contributed by atoms with van der Waals surface area (Å²) in [5, 5.41) is 13.6. The van der Waals surface area contributed by atoms with Crippen LogP contribution in [0.1, 0.15) is 25.0 Å². The highest BCUT2D eigenvalue weighted by Gasteiger charge is 2.33. The molecule has 0 atom stereocenters. The van der Waals surface area contributed by atoms with Crippen LogP contribution < -0.4 is 0 Å². The molecule has 1 aliphatic carbocycles. The van der Waals surface area contributed by atoms with Gasteiger partial charge >= 0.3 is 5.97 Å². The molecule has 0 radical (unpaired) electrons. The van der Waals surface area contributed by atoms with Gasteiger partial charge in [0.2, 0.25) is 5.91 Å². The predicted molar refractivity (Wildman–Crippen MR) is 74.7 cm³/mol. The second kappa shape index (κ2) is 5.55. The molecule has 0 saturated heterocycles. The summed E-state index contributed by atoms with van der Waals surface area (Å²) >= 11 is 0. The average molecular weight is 288 g/mol. The first kappa shape index (κ1) is 13.6. The van der Waals surface area contributed by atoms with Gasteiger partial charge in [0.05, 0.1) is 12.8 Å². The molecular formula is C15H16N2O4. The molecule has 1 fully saturated rings. The molecule has 1 amide bonds. The topological polar surface area (TPSA) is 83.6 Å². The zero-order valence-electron chi connectivity index (χ0n) is 11.5. The van der Waals surface area contributed by atoms with Crippen LogP contribution in [0.4, 0.5) is 0 Å². The van der Waals surface area contributed by atoms with Crippen LogP contribution in [-0.2, 0) is 16.0 Å². The van der Waals surface area contributed by atoms with E-state index in [4.69, 9.17) is 9.63 Å². The zero-order valence-corrected chi connectivity index (χ0v) is 11.5. The third-order valence-electron chi connectivity index (χ3n) is 3.65. The number of nitrogens with zero attached hydrogens (tertiary/aromatic N) is 2. The average Bonchev–Trinajstić information content (AvgIpc) is 3.21. The Morgan fingerprint density at radius 3 is 2.81 bits per heavy atom. The van der Waals surface area contributed by atoms with E-state index in [-0.39, 0.29) is 31.3 Å². The van der Waals surface area contributed by atoms with E-state index >= 15 is 0 Å². The summed E-state index contributed by atoms with van der Waals surface area (Å²) < 4.78 is 5.19. The molecule has 6 heteroatoms. The Hall–Kier alpha value is -2.37. The smallest absolute Gasteiger partial charge is 0.305 e. The largest absolute Gasteiger partial charge is 0.481 e. The molecule has 0 unspecified atom stereocenters. The third kappa shape index (κ3) is 3.04. The van der Waals surface area contributed by atoms with Crippen molar-refractivity contribution in [1.29, 1.82) is 0 Å². The highest BCUT2D eigenvalue weighted by atomic mass is 16.5. The van der Waals surface area contributed by atoms with Gasteiger partial charge in [0.1, 0.15) is 5.69 Å². The van der Waals surface area contributed by atoms with E-state index in [0.717, 1.165) is 18.2 Å². The standard InChI is InChI=1S/C15H16N2O4/c18-14(17(10-5-6-10)8-7-15(19)20)9-12-11-3-1-2-4-13(11)21-16-12/h1-4,10H,5-9H2,(H,19,20). The summed E-state index contributed by atoms with van der Waals surface area (Å²) in [5.74, 6) is -0.974. The molecule has 1 N–H and O–H groups in total. The van der Waals surface area contributed by atoms with Crippen molar-refractivity contribution in [2.24, 2.45) is 0 Å². The maximum Gasteiger partial charge on any atom is 0.305 e. The minimum absolute atomic E-state index is 0.0260. The van der Waals surface area contributed by atoms with Gasteiger partial charge in [-0.3, -0.25) is 9.59 Å². The van der Waals surface area contributed by atoms with E-state index in [2.05, 4.69) is 5.16 Å².